The van der Waals surface area contributed by atoms with E-state index >= 15 is 0 Å². The minimum Gasteiger partial charge on any atom is -0.400 e. The van der Waals surface area contributed by atoms with Crippen molar-refractivity contribution in [1.29, 1.82) is 0 Å². The molecular formula is C30H63B3O9. The van der Waals surface area contributed by atoms with E-state index in [0.29, 0.717) is 39.1 Å². The van der Waals surface area contributed by atoms with Crippen LogP contribution >= 0.6 is 0 Å². The molecule has 42 heavy (non-hydrogen) atoms. The Hall–Kier alpha value is -0.165. The first-order valence-electron chi connectivity index (χ1n) is 16.1. The molecule has 0 amide bonds. The molecule has 0 spiro atoms. The number of ether oxygens (including phenoxy) is 3. The highest BCUT2D eigenvalue weighted by Crippen LogP contribution is 2.28. The molecule has 1 aliphatic rings. The van der Waals surface area contributed by atoms with Crippen molar-refractivity contribution in [2.45, 2.75) is 176 Å². The van der Waals surface area contributed by atoms with Crippen LogP contribution in [0.25, 0.3) is 0 Å². The Labute approximate surface area is 259 Å². The lowest BCUT2D eigenvalue weighted by Gasteiger charge is -2.38. The summed E-state index contributed by atoms with van der Waals surface area (Å²) in [6.07, 6.45) is 6.21. The van der Waals surface area contributed by atoms with Crippen molar-refractivity contribution in [3.05, 3.63) is 0 Å². The molecule has 9 nitrogen and oxygen atoms in total. The van der Waals surface area contributed by atoms with Crippen molar-refractivity contribution < 1.29 is 41.9 Å². The molecule has 1 fully saturated rings. The summed E-state index contributed by atoms with van der Waals surface area (Å²) in [6, 6.07) is 0. The summed E-state index contributed by atoms with van der Waals surface area (Å²) < 4.78 is 54.8. The molecule has 1 aliphatic heterocycles. The Bertz CT molecular complexity index is 702. The van der Waals surface area contributed by atoms with Crippen molar-refractivity contribution >= 4 is 22.0 Å². The quantitative estimate of drug-likeness (QED) is 0.120. The van der Waals surface area contributed by atoms with Gasteiger partial charge in [-0.25, -0.2) is 0 Å². The summed E-state index contributed by atoms with van der Waals surface area (Å²) >= 11 is 0. The van der Waals surface area contributed by atoms with Gasteiger partial charge < -0.3 is 41.9 Å². The maximum atomic E-state index is 6.29. The van der Waals surface area contributed by atoms with Crippen molar-refractivity contribution in [3.63, 3.8) is 0 Å². The van der Waals surface area contributed by atoms with Crippen LogP contribution < -0.4 is 0 Å². The molecule has 1 rings (SSSR count). The van der Waals surface area contributed by atoms with Crippen LogP contribution in [0.2, 0.25) is 0 Å². The second-order valence-corrected chi connectivity index (χ2v) is 14.8. The summed E-state index contributed by atoms with van der Waals surface area (Å²) in [5.74, 6) is 0. The van der Waals surface area contributed by atoms with E-state index in [1.54, 1.807) is 0 Å². The largest absolute Gasteiger partial charge is 0.615 e. The normalized spacial score (nSPS) is 16.2. The zero-order chi connectivity index (χ0) is 32.2. The van der Waals surface area contributed by atoms with Crippen LogP contribution in [0.5, 0.6) is 0 Å². The van der Waals surface area contributed by atoms with Gasteiger partial charge in [0.25, 0.3) is 0 Å². The van der Waals surface area contributed by atoms with Gasteiger partial charge in [0, 0.05) is 19.8 Å². The summed E-state index contributed by atoms with van der Waals surface area (Å²) in [5, 5.41) is 0. The number of rotatable bonds is 22. The van der Waals surface area contributed by atoms with Gasteiger partial charge in [-0.3, -0.25) is 0 Å². The van der Waals surface area contributed by atoms with E-state index in [1.807, 2.05) is 55.4 Å². The molecule has 0 aromatic carbocycles. The van der Waals surface area contributed by atoms with Gasteiger partial charge >= 0.3 is 22.0 Å². The van der Waals surface area contributed by atoms with E-state index in [4.69, 9.17) is 41.9 Å². The third-order valence-corrected chi connectivity index (χ3v) is 7.17. The van der Waals surface area contributed by atoms with Crippen LogP contribution in [-0.2, 0) is 41.9 Å². The Morgan fingerprint density at radius 1 is 0.476 bits per heavy atom. The van der Waals surface area contributed by atoms with Crippen LogP contribution in [0.3, 0.4) is 0 Å². The van der Waals surface area contributed by atoms with E-state index < -0.39 is 38.8 Å². The maximum absolute atomic E-state index is 6.29. The molecule has 0 aliphatic carbocycles. The van der Waals surface area contributed by atoms with Gasteiger partial charge in [0.2, 0.25) is 0 Å². The minimum absolute atomic E-state index is 0.143. The summed E-state index contributed by atoms with van der Waals surface area (Å²) in [4.78, 5) is 0. The maximum Gasteiger partial charge on any atom is 0.615 e. The Kier molecular flexibility index (Phi) is 16.6. The lowest BCUT2D eigenvalue weighted by molar-refractivity contribution is -0.0677. The van der Waals surface area contributed by atoms with Gasteiger partial charge in [0.1, 0.15) is 0 Å². The van der Waals surface area contributed by atoms with Crippen LogP contribution in [-0.4, -0.2) is 75.9 Å². The van der Waals surface area contributed by atoms with E-state index in [0.717, 1.165) is 25.7 Å². The van der Waals surface area contributed by atoms with Crippen LogP contribution in [0.4, 0.5) is 0 Å². The second-order valence-electron chi connectivity index (χ2n) is 14.8. The molecular weight excluding hydrogens is 537 g/mol. The first kappa shape index (κ1) is 39.9. The standard InChI is InChI=1S/C30H63B3O9/c1-15-17-26(5,6)35-23-20-29(11,12)38-32-40-31(37-28(9,10)19-22-34-25(3)4)41-33(42-32)39-30(13,14)21-24-36-27(7,8)18-16-2/h25H,15-24H2,1-14H3. The summed E-state index contributed by atoms with van der Waals surface area (Å²) in [7, 11) is -3.19. The summed E-state index contributed by atoms with van der Waals surface area (Å²) in [6.45, 7) is 30.4. The van der Waals surface area contributed by atoms with Crippen molar-refractivity contribution in [2.24, 2.45) is 0 Å². The number of hydrogen-bond donors (Lipinski definition) is 0. The highest BCUT2D eigenvalue weighted by atomic mass is 16.9. The fourth-order valence-corrected chi connectivity index (χ4v) is 4.53. The molecule has 1 heterocycles. The SMILES string of the molecule is CCCC(C)(C)OCCC(C)(C)OB1OB(OC(C)(C)CCOC(C)C)OB(OC(C)(C)CCOC(C)(C)CCC)O1. The van der Waals surface area contributed by atoms with Gasteiger partial charge in [-0.15, -0.1) is 0 Å². The Morgan fingerprint density at radius 2 is 0.786 bits per heavy atom. The van der Waals surface area contributed by atoms with Crippen molar-refractivity contribution in [1.82, 2.24) is 0 Å². The molecule has 0 aromatic heterocycles. The topological polar surface area (TPSA) is 83.1 Å². The molecule has 0 radical (unpaired) electrons. The predicted molar refractivity (Wildman–Crippen MR) is 171 cm³/mol. The van der Waals surface area contributed by atoms with E-state index in [1.165, 1.54) is 0 Å². The van der Waals surface area contributed by atoms with Gasteiger partial charge in [0.15, 0.2) is 0 Å². The molecule has 0 aromatic rings. The molecule has 1 saturated heterocycles. The van der Waals surface area contributed by atoms with Crippen molar-refractivity contribution in [3.8, 4) is 0 Å². The van der Waals surface area contributed by atoms with Crippen LogP contribution in [0, 0.1) is 0 Å². The lowest BCUT2D eigenvalue weighted by atomic mass is 9.91. The highest BCUT2D eigenvalue weighted by molar-refractivity contribution is 6.67. The van der Waals surface area contributed by atoms with Gasteiger partial charge in [-0.05, 0) is 115 Å². The minimum atomic E-state index is -1.06. The molecule has 0 bridgehead atoms. The molecule has 12 heteroatoms. The molecule has 0 unspecified atom stereocenters. The van der Waals surface area contributed by atoms with Gasteiger partial charge in [0.05, 0.1) is 34.1 Å². The Morgan fingerprint density at radius 3 is 1.07 bits per heavy atom. The zero-order valence-corrected chi connectivity index (χ0v) is 29.6. The average Bonchev–Trinajstić information content (AvgIpc) is 2.76. The first-order chi connectivity index (χ1) is 19.2. The third kappa shape index (κ3) is 18.0. The third-order valence-electron chi connectivity index (χ3n) is 7.17. The van der Waals surface area contributed by atoms with Crippen molar-refractivity contribution in [2.75, 3.05) is 19.8 Å². The second kappa shape index (κ2) is 17.5. The monoisotopic (exact) mass is 600 g/mol. The highest BCUT2D eigenvalue weighted by Gasteiger charge is 2.51. The van der Waals surface area contributed by atoms with E-state index in [9.17, 15) is 0 Å². The average molecular weight is 600 g/mol. The molecule has 246 valence electrons. The fraction of sp³-hybridized carbons (Fsp3) is 1.00. The smallest absolute Gasteiger partial charge is 0.400 e. The van der Waals surface area contributed by atoms with Gasteiger partial charge in [-0.1, -0.05) is 26.7 Å². The summed E-state index contributed by atoms with van der Waals surface area (Å²) in [5.41, 5.74) is -2.16. The lowest BCUT2D eigenvalue weighted by Crippen LogP contribution is -2.58. The first-order valence-corrected chi connectivity index (χ1v) is 16.1. The zero-order valence-electron chi connectivity index (χ0n) is 29.6. The predicted octanol–water partition coefficient (Wildman–Crippen LogP) is 7.18. The molecule has 0 N–H and O–H groups in total. The van der Waals surface area contributed by atoms with Gasteiger partial charge in [-0.2, -0.15) is 0 Å². The molecule has 0 saturated carbocycles. The fourth-order valence-electron chi connectivity index (χ4n) is 4.53. The van der Waals surface area contributed by atoms with E-state index in [-0.39, 0.29) is 17.3 Å². The van der Waals surface area contributed by atoms with Crippen LogP contribution in [0.15, 0.2) is 0 Å². The Balaban J connectivity index is 2.90. The van der Waals surface area contributed by atoms with Crippen LogP contribution in [0.1, 0.15) is 142 Å². The number of hydrogen-bond acceptors (Lipinski definition) is 9. The van der Waals surface area contributed by atoms with E-state index in [2.05, 4.69) is 41.5 Å². The molecule has 0 atom stereocenters.